The summed E-state index contributed by atoms with van der Waals surface area (Å²) >= 11 is 5.80. The zero-order chi connectivity index (χ0) is 17.5. The first kappa shape index (κ1) is 18.0. The Labute approximate surface area is 144 Å². The average Bonchev–Trinajstić information content (AvgIpc) is 2.57. The quantitative estimate of drug-likeness (QED) is 0.334. The fraction of sp³-hybridized carbons (Fsp3) is 0.353. The van der Waals surface area contributed by atoms with E-state index in [0.717, 1.165) is 18.2 Å². The maximum Gasteiger partial charge on any atom is 0.411 e. The van der Waals surface area contributed by atoms with Crippen LogP contribution < -0.4 is 5.32 Å². The fourth-order valence-corrected chi connectivity index (χ4v) is 2.69. The zero-order valence-corrected chi connectivity index (χ0v) is 14.1. The molecule has 1 N–H and O–H groups in total. The number of alkyl halides is 1. The second-order valence-corrected chi connectivity index (χ2v) is 5.66. The van der Waals surface area contributed by atoms with Crippen molar-refractivity contribution in [1.82, 2.24) is 0 Å². The number of hydrogen-bond donors (Lipinski definition) is 1. The van der Waals surface area contributed by atoms with E-state index >= 15 is 0 Å². The van der Waals surface area contributed by atoms with E-state index in [9.17, 15) is 14.9 Å². The van der Waals surface area contributed by atoms with Gasteiger partial charge in [-0.25, -0.2) is 4.79 Å². The first-order valence-electron chi connectivity index (χ1n) is 7.77. The van der Waals surface area contributed by atoms with E-state index in [0.29, 0.717) is 29.7 Å². The topological polar surface area (TPSA) is 81.5 Å². The number of carbonyl (C=O) groups is 1. The van der Waals surface area contributed by atoms with Crippen molar-refractivity contribution in [2.24, 2.45) is 0 Å². The van der Waals surface area contributed by atoms with Gasteiger partial charge in [-0.15, -0.1) is 11.6 Å². The molecular formula is C17H19ClN2O4. The highest BCUT2D eigenvalue weighted by Crippen LogP contribution is 2.34. The monoisotopic (exact) mass is 350 g/mol. The molecule has 2 aromatic carbocycles. The largest absolute Gasteiger partial charge is 0.449 e. The summed E-state index contributed by atoms with van der Waals surface area (Å²) in [5.41, 5.74) is 0.867. The highest BCUT2D eigenvalue weighted by Gasteiger charge is 2.20. The highest BCUT2D eigenvalue weighted by atomic mass is 35.5. The Kier molecular flexibility index (Phi) is 6.37. The molecule has 0 aromatic heterocycles. The Morgan fingerprint density at radius 3 is 2.67 bits per heavy atom. The lowest BCUT2D eigenvalue weighted by Gasteiger charge is -2.13. The molecule has 0 aliphatic rings. The van der Waals surface area contributed by atoms with Crippen LogP contribution in [0.2, 0.25) is 0 Å². The minimum Gasteiger partial charge on any atom is -0.449 e. The molecule has 0 spiro atoms. The van der Waals surface area contributed by atoms with Gasteiger partial charge < -0.3 is 4.74 Å². The van der Waals surface area contributed by atoms with Crippen LogP contribution in [0.15, 0.2) is 30.3 Å². The van der Waals surface area contributed by atoms with Crippen LogP contribution in [-0.2, 0) is 11.2 Å². The number of anilines is 1. The van der Waals surface area contributed by atoms with Crippen LogP contribution in [0.4, 0.5) is 16.2 Å². The van der Waals surface area contributed by atoms with Crippen LogP contribution in [0.5, 0.6) is 0 Å². The molecule has 2 rings (SSSR count). The first-order chi connectivity index (χ1) is 11.6. The molecule has 6 nitrogen and oxygen atoms in total. The molecule has 1 amide bonds. The van der Waals surface area contributed by atoms with Gasteiger partial charge in [-0.3, -0.25) is 15.4 Å². The van der Waals surface area contributed by atoms with E-state index in [4.69, 9.17) is 16.3 Å². The second kappa shape index (κ2) is 8.49. The van der Waals surface area contributed by atoms with Crippen molar-refractivity contribution in [3.63, 3.8) is 0 Å². The zero-order valence-electron chi connectivity index (χ0n) is 13.4. The number of halogens is 1. The molecule has 0 atom stereocenters. The van der Waals surface area contributed by atoms with E-state index in [1.54, 1.807) is 18.2 Å². The van der Waals surface area contributed by atoms with Gasteiger partial charge in [0.05, 0.1) is 17.2 Å². The predicted octanol–water partition coefficient (Wildman–Crippen LogP) is 4.88. The third-order valence-corrected chi connectivity index (χ3v) is 3.83. The van der Waals surface area contributed by atoms with Gasteiger partial charge in [0.2, 0.25) is 0 Å². The summed E-state index contributed by atoms with van der Waals surface area (Å²) in [6.07, 6.45) is 1.44. The van der Waals surface area contributed by atoms with E-state index in [2.05, 4.69) is 5.32 Å². The van der Waals surface area contributed by atoms with Crippen molar-refractivity contribution in [1.29, 1.82) is 0 Å². The van der Waals surface area contributed by atoms with Gasteiger partial charge in [0.25, 0.3) is 5.69 Å². The lowest BCUT2D eigenvalue weighted by Crippen LogP contribution is -2.15. The molecule has 0 aliphatic heterocycles. The summed E-state index contributed by atoms with van der Waals surface area (Å²) in [5, 5.41) is 15.4. The van der Waals surface area contributed by atoms with Gasteiger partial charge in [0.1, 0.15) is 0 Å². The summed E-state index contributed by atoms with van der Waals surface area (Å²) in [5.74, 6) is 0.274. The van der Waals surface area contributed by atoms with Crippen LogP contribution in [-0.4, -0.2) is 23.5 Å². The molecule has 0 fully saturated rings. The fourth-order valence-electron chi connectivity index (χ4n) is 2.50. The smallest absolute Gasteiger partial charge is 0.411 e. The summed E-state index contributed by atoms with van der Waals surface area (Å²) in [6.45, 7) is 2.31. The summed E-state index contributed by atoms with van der Waals surface area (Å²) in [7, 11) is 0. The van der Waals surface area contributed by atoms with Crippen molar-refractivity contribution < 1.29 is 14.5 Å². The molecular weight excluding hydrogens is 332 g/mol. The van der Waals surface area contributed by atoms with Crippen molar-refractivity contribution in [2.45, 2.75) is 26.2 Å². The summed E-state index contributed by atoms with van der Waals surface area (Å²) in [6, 6.07) is 8.57. The normalized spacial score (nSPS) is 10.6. The molecule has 0 saturated carbocycles. The van der Waals surface area contributed by atoms with Crippen molar-refractivity contribution in [2.75, 3.05) is 17.8 Å². The average molecular weight is 351 g/mol. The van der Waals surface area contributed by atoms with Gasteiger partial charge in [0.15, 0.2) is 0 Å². The molecule has 7 heteroatoms. The second-order valence-electron chi connectivity index (χ2n) is 5.28. The number of aryl methyl sites for hydroxylation is 1. The Morgan fingerprint density at radius 1 is 1.33 bits per heavy atom. The number of nitrogens with one attached hydrogen (secondary N) is 1. The van der Waals surface area contributed by atoms with Crippen molar-refractivity contribution in [3.8, 4) is 0 Å². The van der Waals surface area contributed by atoms with Crippen LogP contribution in [0, 0.1) is 10.1 Å². The number of rotatable bonds is 7. The van der Waals surface area contributed by atoms with E-state index in [-0.39, 0.29) is 11.6 Å². The van der Waals surface area contributed by atoms with Gasteiger partial charge in [-0.1, -0.05) is 37.6 Å². The van der Waals surface area contributed by atoms with Crippen molar-refractivity contribution >= 4 is 39.8 Å². The lowest BCUT2D eigenvalue weighted by molar-refractivity contribution is -0.385. The van der Waals surface area contributed by atoms with Gasteiger partial charge >= 0.3 is 6.09 Å². The number of nitro benzene ring substituents is 1. The molecule has 0 saturated heterocycles. The molecule has 0 unspecified atom stereocenters. The number of carbonyl (C=O) groups excluding carboxylic acids is 1. The number of benzene rings is 2. The number of hydrogen-bond acceptors (Lipinski definition) is 4. The Morgan fingerprint density at radius 2 is 2.04 bits per heavy atom. The molecule has 2 aromatic rings. The molecule has 128 valence electrons. The predicted molar refractivity (Wildman–Crippen MR) is 94.9 cm³/mol. The minimum absolute atomic E-state index is 0.0572. The van der Waals surface area contributed by atoms with Gasteiger partial charge in [-0.2, -0.15) is 0 Å². The number of ether oxygens (including phenoxy) is 1. The molecule has 0 bridgehead atoms. The van der Waals surface area contributed by atoms with Crippen LogP contribution >= 0.6 is 11.6 Å². The van der Waals surface area contributed by atoms with Gasteiger partial charge in [-0.05, 0) is 18.2 Å². The standard InChI is InChI=1S/C17H19ClN2O4/c1-2-3-10-24-17(21)19-15-11-16(20(22)23)14(8-9-18)12-6-4-5-7-13(12)15/h4-7,11H,2-3,8-10H2,1H3,(H,19,21). The highest BCUT2D eigenvalue weighted by molar-refractivity contribution is 6.18. The van der Waals surface area contributed by atoms with Crippen molar-refractivity contribution in [3.05, 3.63) is 46.0 Å². The molecule has 0 heterocycles. The van der Waals surface area contributed by atoms with E-state index < -0.39 is 11.0 Å². The number of amides is 1. The SMILES string of the molecule is CCCCOC(=O)Nc1cc([N+](=O)[O-])c(CCCl)c2ccccc12. The maximum absolute atomic E-state index is 11.9. The Hall–Kier alpha value is -2.34. The maximum atomic E-state index is 11.9. The third kappa shape index (κ3) is 4.14. The summed E-state index contributed by atoms with van der Waals surface area (Å²) < 4.78 is 5.07. The minimum atomic E-state index is -0.618. The van der Waals surface area contributed by atoms with Crippen LogP contribution in [0.1, 0.15) is 25.3 Å². The van der Waals surface area contributed by atoms with E-state index in [1.165, 1.54) is 6.07 Å². The Bertz CT molecular complexity index is 749. The number of nitro groups is 1. The third-order valence-electron chi connectivity index (χ3n) is 3.64. The van der Waals surface area contributed by atoms with E-state index in [1.807, 2.05) is 13.0 Å². The Balaban J connectivity index is 2.44. The molecule has 0 radical (unpaired) electrons. The summed E-state index contributed by atoms with van der Waals surface area (Å²) in [4.78, 5) is 22.8. The molecule has 24 heavy (non-hydrogen) atoms. The first-order valence-corrected chi connectivity index (χ1v) is 8.30. The lowest BCUT2D eigenvalue weighted by atomic mass is 9.99. The molecule has 0 aliphatic carbocycles. The van der Waals surface area contributed by atoms with Crippen LogP contribution in [0.3, 0.4) is 0 Å². The number of nitrogens with zero attached hydrogens (tertiary/aromatic N) is 1. The number of fused-ring (bicyclic) bond motifs is 1. The number of unbranched alkanes of at least 4 members (excludes halogenated alkanes) is 1. The van der Waals surface area contributed by atoms with Crippen LogP contribution in [0.25, 0.3) is 10.8 Å². The van der Waals surface area contributed by atoms with Gasteiger partial charge in [0, 0.05) is 22.9 Å².